The van der Waals surface area contributed by atoms with Crippen molar-refractivity contribution in [3.05, 3.63) is 59.5 Å². The summed E-state index contributed by atoms with van der Waals surface area (Å²) in [5, 5.41) is 0. The van der Waals surface area contributed by atoms with Crippen LogP contribution in [0.1, 0.15) is 24.0 Å². The van der Waals surface area contributed by atoms with Crippen LogP contribution in [0.15, 0.2) is 46.9 Å². The molecule has 2 rings (SSSR count). The standard InChI is InChI=1S/C21H28N2O4/c1-17-9-10-20(27-17)15-23(12-11-19-7-5-4-6-8-19)21(25)16-22(18(2)24)13-14-26-3/h4-10H,11-16H2,1-3H3. The molecular weight excluding hydrogens is 344 g/mol. The van der Waals surface area contributed by atoms with Gasteiger partial charge in [0.05, 0.1) is 19.7 Å². The Morgan fingerprint density at radius 3 is 2.37 bits per heavy atom. The molecule has 1 aromatic carbocycles. The summed E-state index contributed by atoms with van der Waals surface area (Å²) in [4.78, 5) is 28.0. The van der Waals surface area contributed by atoms with Crippen molar-refractivity contribution in [1.82, 2.24) is 9.80 Å². The normalized spacial score (nSPS) is 10.6. The lowest BCUT2D eigenvalue weighted by molar-refractivity contribution is -0.140. The van der Waals surface area contributed by atoms with Crippen molar-refractivity contribution in [3.63, 3.8) is 0 Å². The topological polar surface area (TPSA) is 63.0 Å². The van der Waals surface area contributed by atoms with Crippen LogP contribution in [0.5, 0.6) is 0 Å². The van der Waals surface area contributed by atoms with E-state index in [4.69, 9.17) is 9.15 Å². The second-order valence-corrected chi connectivity index (χ2v) is 6.50. The summed E-state index contributed by atoms with van der Waals surface area (Å²) < 4.78 is 10.7. The highest BCUT2D eigenvalue weighted by molar-refractivity contribution is 5.83. The molecule has 0 bridgehead atoms. The number of benzene rings is 1. The van der Waals surface area contributed by atoms with Crippen molar-refractivity contribution >= 4 is 11.8 Å². The number of hydrogen-bond donors (Lipinski definition) is 0. The van der Waals surface area contributed by atoms with E-state index in [1.807, 2.05) is 49.4 Å². The minimum Gasteiger partial charge on any atom is -0.464 e. The van der Waals surface area contributed by atoms with Gasteiger partial charge in [-0.15, -0.1) is 0 Å². The zero-order chi connectivity index (χ0) is 19.6. The maximum atomic E-state index is 12.9. The molecule has 0 aliphatic carbocycles. The minimum atomic E-state index is -0.141. The molecule has 0 spiro atoms. The van der Waals surface area contributed by atoms with Crippen LogP contribution in [-0.2, 0) is 27.3 Å². The SMILES string of the molecule is COCCN(CC(=O)N(CCc1ccccc1)Cc1ccc(C)o1)C(C)=O. The van der Waals surface area contributed by atoms with E-state index in [1.165, 1.54) is 11.8 Å². The molecule has 6 nitrogen and oxygen atoms in total. The summed E-state index contributed by atoms with van der Waals surface area (Å²) in [6.45, 7) is 5.11. The Balaban J connectivity index is 2.06. The average Bonchev–Trinajstić information content (AvgIpc) is 3.07. The fourth-order valence-corrected chi connectivity index (χ4v) is 2.77. The molecule has 0 saturated carbocycles. The number of amides is 2. The smallest absolute Gasteiger partial charge is 0.242 e. The molecule has 6 heteroatoms. The first kappa shape index (κ1) is 20.7. The van der Waals surface area contributed by atoms with E-state index in [9.17, 15) is 9.59 Å². The van der Waals surface area contributed by atoms with E-state index in [1.54, 1.807) is 12.0 Å². The number of ether oxygens (including phenoxy) is 1. The largest absolute Gasteiger partial charge is 0.464 e. The van der Waals surface area contributed by atoms with Gasteiger partial charge in [-0.3, -0.25) is 9.59 Å². The zero-order valence-corrected chi connectivity index (χ0v) is 16.3. The lowest BCUT2D eigenvalue weighted by atomic mass is 10.1. The van der Waals surface area contributed by atoms with Gasteiger partial charge in [-0.2, -0.15) is 0 Å². The van der Waals surface area contributed by atoms with Gasteiger partial charge in [-0.05, 0) is 31.0 Å². The summed E-state index contributed by atoms with van der Waals surface area (Å²) in [6.07, 6.45) is 0.740. The van der Waals surface area contributed by atoms with Crippen molar-refractivity contribution in [2.45, 2.75) is 26.8 Å². The van der Waals surface area contributed by atoms with Gasteiger partial charge in [0.1, 0.15) is 11.5 Å². The molecule has 2 aromatic rings. The number of rotatable bonds is 10. The van der Waals surface area contributed by atoms with Crippen LogP contribution >= 0.6 is 0 Å². The number of methoxy groups -OCH3 is 1. The Hall–Kier alpha value is -2.60. The predicted molar refractivity (Wildman–Crippen MR) is 103 cm³/mol. The van der Waals surface area contributed by atoms with E-state index in [0.29, 0.717) is 26.2 Å². The Morgan fingerprint density at radius 2 is 1.78 bits per heavy atom. The van der Waals surface area contributed by atoms with Crippen molar-refractivity contribution in [3.8, 4) is 0 Å². The van der Waals surface area contributed by atoms with E-state index in [0.717, 1.165) is 23.5 Å². The highest BCUT2D eigenvalue weighted by Crippen LogP contribution is 2.12. The van der Waals surface area contributed by atoms with Gasteiger partial charge in [-0.1, -0.05) is 30.3 Å². The monoisotopic (exact) mass is 372 g/mol. The van der Waals surface area contributed by atoms with Crippen LogP contribution in [0.2, 0.25) is 0 Å². The highest BCUT2D eigenvalue weighted by atomic mass is 16.5. The first-order valence-corrected chi connectivity index (χ1v) is 9.11. The third-order valence-corrected chi connectivity index (χ3v) is 4.35. The fraction of sp³-hybridized carbons (Fsp3) is 0.429. The molecule has 27 heavy (non-hydrogen) atoms. The van der Waals surface area contributed by atoms with Gasteiger partial charge in [0.2, 0.25) is 11.8 Å². The minimum absolute atomic E-state index is 0.0349. The number of carbonyl (C=O) groups is 2. The van der Waals surface area contributed by atoms with Gasteiger partial charge in [0.25, 0.3) is 0 Å². The second-order valence-electron chi connectivity index (χ2n) is 6.50. The molecule has 0 radical (unpaired) electrons. The lowest BCUT2D eigenvalue weighted by Gasteiger charge is -2.26. The van der Waals surface area contributed by atoms with E-state index < -0.39 is 0 Å². The molecule has 146 valence electrons. The van der Waals surface area contributed by atoms with Crippen LogP contribution in [0, 0.1) is 6.92 Å². The number of furan rings is 1. The zero-order valence-electron chi connectivity index (χ0n) is 16.3. The van der Waals surface area contributed by atoms with Crippen LogP contribution in [0.4, 0.5) is 0 Å². The predicted octanol–water partition coefficient (Wildman–Crippen LogP) is 2.65. The number of hydrogen-bond acceptors (Lipinski definition) is 4. The van der Waals surface area contributed by atoms with Crippen molar-refractivity contribution in [2.24, 2.45) is 0 Å². The quantitative estimate of drug-likeness (QED) is 0.643. The molecule has 1 heterocycles. The Morgan fingerprint density at radius 1 is 1.04 bits per heavy atom. The van der Waals surface area contributed by atoms with Crippen molar-refractivity contribution in [2.75, 3.05) is 33.4 Å². The van der Waals surface area contributed by atoms with E-state index in [-0.39, 0.29) is 18.4 Å². The molecule has 0 unspecified atom stereocenters. The molecule has 0 aliphatic rings. The van der Waals surface area contributed by atoms with Crippen molar-refractivity contribution in [1.29, 1.82) is 0 Å². The molecule has 2 amide bonds. The summed E-state index contributed by atoms with van der Waals surface area (Å²) in [6, 6.07) is 13.8. The average molecular weight is 372 g/mol. The molecule has 0 fully saturated rings. The van der Waals surface area contributed by atoms with Gasteiger partial charge in [-0.25, -0.2) is 0 Å². The van der Waals surface area contributed by atoms with Gasteiger partial charge in [0.15, 0.2) is 0 Å². The van der Waals surface area contributed by atoms with Gasteiger partial charge >= 0.3 is 0 Å². The summed E-state index contributed by atoms with van der Waals surface area (Å²) in [5.74, 6) is 1.30. The van der Waals surface area contributed by atoms with Crippen LogP contribution < -0.4 is 0 Å². The highest BCUT2D eigenvalue weighted by Gasteiger charge is 2.20. The van der Waals surface area contributed by atoms with Gasteiger partial charge in [0, 0.05) is 27.1 Å². The van der Waals surface area contributed by atoms with E-state index in [2.05, 4.69) is 0 Å². The first-order valence-electron chi connectivity index (χ1n) is 9.11. The fourth-order valence-electron chi connectivity index (χ4n) is 2.77. The van der Waals surface area contributed by atoms with Crippen LogP contribution in [0.25, 0.3) is 0 Å². The molecular formula is C21H28N2O4. The van der Waals surface area contributed by atoms with Crippen LogP contribution in [-0.4, -0.2) is 55.0 Å². The molecule has 0 atom stereocenters. The third-order valence-electron chi connectivity index (χ3n) is 4.35. The summed E-state index contributed by atoms with van der Waals surface area (Å²) in [7, 11) is 1.57. The first-order chi connectivity index (χ1) is 13.0. The number of nitrogens with zero attached hydrogens (tertiary/aromatic N) is 2. The summed E-state index contributed by atoms with van der Waals surface area (Å²) in [5.41, 5.74) is 1.16. The van der Waals surface area contributed by atoms with E-state index >= 15 is 0 Å². The Labute approximate surface area is 160 Å². The molecule has 1 aromatic heterocycles. The number of carbonyl (C=O) groups excluding carboxylic acids is 2. The Bertz CT molecular complexity index is 727. The molecule has 0 aliphatic heterocycles. The Kier molecular flexibility index (Phi) is 8.07. The number of aryl methyl sites for hydroxylation is 1. The van der Waals surface area contributed by atoms with Crippen LogP contribution in [0.3, 0.4) is 0 Å². The molecule has 0 saturated heterocycles. The molecule has 0 N–H and O–H groups in total. The second kappa shape index (κ2) is 10.5. The lowest BCUT2D eigenvalue weighted by Crippen LogP contribution is -2.43. The maximum Gasteiger partial charge on any atom is 0.242 e. The van der Waals surface area contributed by atoms with Gasteiger partial charge < -0.3 is 19.0 Å². The summed E-state index contributed by atoms with van der Waals surface area (Å²) >= 11 is 0. The third kappa shape index (κ3) is 6.90. The van der Waals surface area contributed by atoms with Crippen molar-refractivity contribution < 1.29 is 18.7 Å². The maximum absolute atomic E-state index is 12.9.